The van der Waals surface area contributed by atoms with Crippen molar-refractivity contribution < 1.29 is 14.1 Å². The molecule has 7 nitrogen and oxygen atoms in total. The number of likely N-dealkylation sites (tertiary alicyclic amines) is 2. The zero-order valence-electron chi connectivity index (χ0n) is 18.1. The number of carbonyl (C=O) groups is 2. The summed E-state index contributed by atoms with van der Waals surface area (Å²) in [5.74, 6) is 1.57. The predicted molar refractivity (Wildman–Crippen MR) is 115 cm³/mol. The molecule has 2 amide bonds. The van der Waals surface area contributed by atoms with Gasteiger partial charge in [0.05, 0.1) is 5.92 Å². The maximum Gasteiger partial charge on any atom is 0.230 e. The Bertz CT molecular complexity index is 940. The zero-order chi connectivity index (χ0) is 21.4. The van der Waals surface area contributed by atoms with Crippen molar-refractivity contribution in [2.45, 2.75) is 63.8 Å². The summed E-state index contributed by atoms with van der Waals surface area (Å²) < 4.78 is 5.55. The lowest BCUT2D eigenvalue weighted by Gasteiger charge is -2.32. The smallest absolute Gasteiger partial charge is 0.230 e. The van der Waals surface area contributed by atoms with Crippen LogP contribution in [-0.2, 0) is 9.59 Å². The molecule has 1 aliphatic carbocycles. The lowest BCUT2D eigenvalue weighted by molar-refractivity contribution is -0.137. The van der Waals surface area contributed by atoms with E-state index in [-0.39, 0.29) is 23.7 Å². The largest absolute Gasteiger partial charge is 0.342 e. The summed E-state index contributed by atoms with van der Waals surface area (Å²) in [6, 6.07) is 8.44. The topological polar surface area (TPSA) is 79.5 Å². The minimum atomic E-state index is -0.179. The van der Waals surface area contributed by atoms with Crippen molar-refractivity contribution in [2.24, 2.45) is 5.92 Å². The Morgan fingerprint density at radius 1 is 1.06 bits per heavy atom. The molecule has 31 heavy (non-hydrogen) atoms. The van der Waals surface area contributed by atoms with Gasteiger partial charge in [-0.2, -0.15) is 4.98 Å². The van der Waals surface area contributed by atoms with Crippen molar-refractivity contribution in [1.82, 2.24) is 19.9 Å². The second kappa shape index (κ2) is 8.44. The maximum atomic E-state index is 13.1. The molecule has 0 N–H and O–H groups in total. The number of aryl methyl sites for hydroxylation is 1. The Labute approximate surface area is 182 Å². The number of piperidine rings is 1. The third-order valence-electron chi connectivity index (χ3n) is 7.18. The number of benzene rings is 1. The van der Waals surface area contributed by atoms with Gasteiger partial charge in [-0.05, 0) is 32.6 Å². The van der Waals surface area contributed by atoms with E-state index < -0.39 is 0 Å². The maximum absolute atomic E-state index is 13.1. The molecule has 3 heterocycles. The first-order valence-electron chi connectivity index (χ1n) is 11.6. The molecule has 1 saturated carbocycles. The molecule has 1 aromatic heterocycles. The fourth-order valence-electron chi connectivity index (χ4n) is 5.29. The van der Waals surface area contributed by atoms with Gasteiger partial charge in [0.1, 0.15) is 0 Å². The summed E-state index contributed by atoms with van der Waals surface area (Å²) >= 11 is 0. The lowest BCUT2D eigenvalue weighted by Crippen LogP contribution is -2.42. The number of aromatic nitrogens is 2. The van der Waals surface area contributed by atoms with Crippen LogP contribution in [0.2, 0.25) is 0 Å². The van der Waals surface area contributed by atoms with E-state index in [1.165, 1.54) is 18.4 Å². The van der Waals surface area contributed by atoms with Gasteiger partial charge in [0, 0.05) is 43.6 Å². The van der Waals surface area contributed by atoms with Crippen LogP contribution in [0.15, 0.2) is 28.8 Å². The van der Waals surface area contributed by atoms with Crippen molar-refractivity contribution in [3.8, 4) is 11.4 Å². The summed E-state index contributed by atoms with van der Waals surface area (Å²) in [7, 11) is 0. The standard InChI is InChI=1S/C24H30N4O3/c1-16-6-8-17(9-7-16)22-25-23(31-26-22)18-10-12-27(13-11-18)24(30)19-14-21(29)28(15-19)20-4-2-3-5-20/h6-9,18-20H,2-5,10-15H2,1H3/t19-/m0/s1. The van der Waals surface area contributed by atoms with E-state index in [2.05, 4.69) is 10.1 Å². The predicted octanol–water partition coefficient (Wildman–Crippen LogP) is 3.54. The number of carbonyl (C=O) groups excluding carboxylic acids is 2. The molecule has 1 aromatic carbocycles. The normalized spacial score (nSPS) is 23.1. The van der Waals surface area contributed by atoms with Gasteiger partial charge in [-0.3, -0.25) is 9.59 Å². The van der Waals surface area contributed by atoms with Crippen LogP contribution in [0.4, 0.5) is 0 Å². The highest BCUT2D eigenvalue weighted by molar-refractivity contribution is 5.89. The van der Waals surface area contributed by atoms with Gasteiger partial charge in [0.2, 0.25) is 23.5 Å². The summed E-state index contributed by atoms with van der Waals surface area (Å²) in [6.07, 6.45) is 6.57. The van der Waals surface area contributed by atoms with Gasteiger partial charge in [-0.15, -0.1) is 0 Å². The van der Waals surface area contributed by atoms with Crippen LogP contribution in [0.1, 0.15) is 62.3 Å². The van der Waals surface area contributed by atoms with E-state index in [9.17, 15) is 9.59 Å². The fraction of sp³-hybridized carbons (Fsp3) is 0.583. The third kappa shape index (κ3) is 4.10. The highest BCUT2D eigenvalue weighted by atomic mass is 16.5. The van der Waals surface area contributed by atoms with E-state index in [4.69, 9.17) is 4.52 Å². The third-order valence-corrected chi connectivity index (χ3v) is 7.18. The first-order chi connectivity index (χ1) is 15.1. The molecule has 0 bridgehead atoms. The SMILES string of the molecule is Cc1ccc(-c2noc(C3CCN(C(=O)[C@H]4CC(=O)N(C5CCCC5)C4)CC3)n2)cc1. The van der Waals surface area contributed by atoms with Gasteiger partial charge in [-0.25, -0.2) is 0 Å². The van der Waals surface area contributed by atoms with E-state index in [1.54, 1.807) is 0 Å². The van der Waals surface area contributed by atoms with Gasteiger partial charge >= 0.3 is 0 Å². The summed E-state index contributed by atoms with van der Waals surface area (Å²) in [5.41, 5.74) is 2.14. The minimum absolute atomic E-state index is 0.137. The summed E-state index contributed by atoms with van der Waals surface area (Å²) in [5, 5.41) is 4.15. The molecule has 3 fully saturated rings. The van der Waals surface area contributed by atoms with E-state index in [1.807, 2.05) is 41.0 Å². The van der Waals surface area contributed by atoms with Crippen LogP contribution in [0.3, 0.4) is 0 Å². The quantitative estimate of drug-likeness (QED) is 0.753. The average molecular weight is 423 g/mol. The van der Waals surface area contributed by atoms with E-state index in [0.29, 0.717) is 43.8 Å². The first kappa shape index (κ1) is 20.2. The molecular weight excluding hydrogens is 392 g/mol. The van der Waals surface area contributed by atoms with Crippen LogP contribution in [0.5, 0.6) is 0 Å². The lowest BCUT2D eigenvalue weighted by atomic mass is 9.95. The summed E-state index contributed by atoms with van der Waals surface area (Å²) in [4.78, 5) is 34.0. The molecule has 2 aliphatic heterocycles. The first-order valence-corrected chi connectivity index (χ1v) is 11.6. The van der Waals surface area contributed by atoms with Gasteiger partial charge in [0.25, 0.3) is 0 Å². The van der Waals surface area contributed by atoms with E-state index >= 15 is 0 Å². The van der Waals surface area contributed by atoms with Crippen LogP contribution in [-0.4, -0.2) is 57.4 Å². The monoisotopic (exact) mass is 422 g/mol. The Balaban J connectivity index is 1.17. The molecule has 1 atom stereocenters. The zero-order valence-corrected chi connectivity index (χ0v) is 18.1. The second-order valence-corrected chi connectivity index (χ2v) is 9.31. The van der Waals surface area contributed by atoms with Crippen molar-refractivity contribution in [1.29, 1.82) is 0 Å². The summed E-state index contributed by atoms with van der Waals surface area (Å²) in [6.45, 7) is 4.01. The van der Waals surface area contributed by atoms with Crippen LogP contribution in [0, 0.1) is 12.8 Å². The molecule has 2 saturated heterocycles. The Morgan fingerprint density at radius 2 is 1.77 bits per heavy atom. The van der Waals surface area contributed by atoms with E-state index in [0.717, 1.165) is 31.2 Å². The molecule has 164 valence electrons. The number of nitrogens with zero attached hydrogens (tertiary/aromatic N) is 4. The number of hydrogen-bond acceptors (Lipinski definition) is 5. The van der Waals surface area contributed by atoms with Crippen LogP contribution < -0.4 is 0 Å². The fourth-order valence-corrected chi connectivity index (χ4v) is 5.29. The van der Waals surface area contributed by atoms with Crippen molar-refractivity contribution in [2.75, 3.05) is 19.6 Å². The molecule has 0 spiro atoms. The van der Waals surface area contributed by atoms with Crippen molar-refractivity contribution in [3.05, 3.63) is 35.7 Å². The molecule has 5 rings (SSSR count). The number of amides is 2. The second-order valence-electron chi connectivity index (χ2n) is 9.31. The molecule has 2 aromatic rings. The molecule has 0 unspecified atom stereocenters. The molecule has 3 aliphatic rings. The Hall–Kier alpha value is -2.70. The minimum Gasteiger partial charge on any atom is -0.342 e. The Kier molecular flexibility index (Phi) is 5.50. The van der Waals surface area contributed by atoms with Crippen molar-refractivity contribution in [3.63, 3.8) is 0 Å². The molecule has 0 radical (unpaired) electrons. The van der Waals surface area contributed by atoms with Crippen LogP contribution >= 0.6 is 0 Å². The van der Waals surface area contributed by atoms with Gasteiger partial charge < -0.3 is 14.3 Å². The number of rotatable bonds is 4. The van der Waals surface area contributed by atoms with Gasteiger partial charge in [0.15, 0.2) is 0 Å². The number of hydrogen-bond donors (Lipinski definition) is 0. The highest BCUT2D eigenvalue weighted by Crippen LogP contribution is 2.33. The highest BCUT2D eigenvalue weighted by Gasteiger charge is 2.41. The average Bonchev–Trinajstić information content (AvgIpc) is 3.55. The molecule has 7 heteroatoms. The molecular formula is C24H30N4O3. The van der Waals surface area contributed by atoms with Crippen molar-refractivity contribution >= 4 is 11.8 Å². The van der Waals surface area contributed by atoms with Crippen LogP contribution in [0.25, 0.3) is 11.4 Å². The Morgan fingerprint density at radius 3 is 2.48 bits per heavy atom. The van der Waals surface area contributed by atoms with Gasteiger partial charge in [-0.1, -0.05) is 47.8 Å².